The van der Waals surface area contributed by atoms with Crippen molar-refractivity contribution < 1.29 is 14.3 Å². The van der Waals surface area contributed by atoms with Crippen LogP contribution in [0.4, 0.5) is 0 Å². The summed E-state index contributed by atoms with van der Waals surface area (Å²) in [6.45, 7) is 0. The van der Waals surface area contributed by atoms with E-state index in [1.165, 1.54) is 25.7 Å². The maximum absolute atomic E-state index is 14.0. The number of nitrogens with one attached hydrogen (secondary N) is 1. The van der Waals surface area contributed by atoms with E-state index in [2.05, 4.69) is 10.2 Å². The van der Waals surface area contributed by atoms with Crippen molar-refractivity contribution in [2.24, 2.45) is 0 Å². The van der Waals surface area contributed by atoms with Crippen molar-refractivity contribution in [1.82, 2.24) is 10.2 Å². The summed E-state index contributed by atoms with van der Waals surface area (Å²) in [6, 6.07) is 15.8. The van der Waals surface area contributed by atoms with Crippen LogP contribution in [0.15, 0.2) is 48.5 Å². The molecule has 180 valence electrons. The Morgan fingerprint density at radius 3 is 2.21 bits per heavy atom. The van der Waals surface area contributed by atoms with Gasteiger partial charge in [0.05, 0.1) is 19.1 Å². The molecule has 5 heteroatoms. The van der Waals surface area contributed by atoms with Gasteiger partial charge in [-0.1, -0.05) is 68.9 Å². The number of benzene rings is 2. The van der Waals surface area contributed by atoms with Crippen molar-refractivity contribution in [1.29, 1.82) is 0 Å². The summed E-state index contributed by atoms with van der Waals surface area (Å²) in [5, 5.41) is 3.39. The predicted octanol–water partition coefficient (Wildman–Crippen LogP) is 5.76. The molecule has 0 spiro atoms. The van der Waals surface area contributed by atoms with Gasteiger partial charge in [0.2, 0.25) is 5.91 Å². The van der Waals surface area contributed by atoms with E-state index >= 15 is 0 Å². The fourth-order valence-electron chi connectivity index (χ4n) is 6.29. The molecule has 0 unspecified atom stereocenters. The molecule has 5 rings (SSSR count). The monoisotopic (exact) mass is 460 g/mol. The van der Waals surface area contributed by atoms with Crippen molar-refractivity contribution in [3.05, 3.63) is 65.2 Å². The van der Waals surface area contributed by atoms with Gasteiger partial charge in [-0.15, -0.1) is 0 Å². The Morgan fingerprint density at radius 2 is 1.53 bits per heavy atom. The second-order valence-corrected chi connectivity index (χ2v) is 10.1. The molecule has 3 aliphatic rings. The van der Waals surface area contributed by atoms with E-state index in [0.717, 1.165) is 55.4 Å². The van der Waals surface area contributed by atoms with Crippen LogP contribution in [0.2, 0.25) is 0 Å². The Bertz CT molecular complexity index is 1010. The number of amides is 2. The normalized spacial score (nSPS) is 23.9. The van der Waals surface area contributed by atoms with Gasteiger partial charge in [0.1, 0.15) is 5.75 Å². The molecule has 0 saturated heterocycles. The number of carbonyl (C=O) groups is 2. The van der Waals surface area contributed by atoms with Crippen LogP contribution in [-0.2, 0) is 4.79 Å². The van der Waals surface area contributed by atoms with Crippen LogP contribution in [0.5, 0.6) is 5.75 Å². The molecule has 2 aliphatic carbocycles. The third-order valence-electron chi connectivity index (χ3n) is 8.04. The highest BCUT2D eigenvalue weighted by atomic mass is 16.5. The molecule has 0 aromatic heterocycles. The molecule has 0 bridgehead atoms. The first-order chi connectivity index (χ1) is 16.7. The van der Waals surface area contributed by atoms with E-state index in [1.54, 1.807) is 7.11 Å². The van der Waals surface area contributed by atoms with Crippen molar-refractivity contribution in [2.45, 2.75) is 88.3 Å². The first kappa shape index (κ1) is 22.9. The van der Waals surface area contributed by atoms with Crippen LogP contribution in [0.1, 0.15) is 97.7 Å². The minimum Gasteiger partial charge on any atom is -0.497 e. The van der Waals surface area contributed by atoms with Crippen LogP contribution in [0, 0.1) is 0 Å². The highest BCUT2D eigenvalue weighted by molar-refractivity contribution is 6.01. The van der Waals surface area contributed by atoms with Crippen LogP contribution >= 0.6 is 0 Å². The highest BCUT2D eigenvalue weighted by Gasteiger charge is 2.46. The van der Waals surface area contributed by atoms with Crippen molar-refractivity contribution in [2.75, 3.05) is 7.11 Å². The van der Waals surface area contributed by atoms with Gasteiger partial charge in [-0.05, 0) is 55.0 Å². The number of ether oxygens (including phenoxy) is 1. The maximum atomic E-state index is 14.0. The number of rotatable bonds is 5. The summed E-state index contributed by atoms with van der Waals surface area (Å²) >= 11 is 0. The van der Waals surface area contributed by atoms with E-state index in [-0.39, 0.29) is 29.9 Å². The molecule has 2 amide bonds. The zero-order chi connectivity index (χ0) is 23.5. The third kappa shape index (κ3) is 4.45. The van der Waals surface area contributed by atoms with Gasteiger partial charge in [0, 0.05) is 17.6 Å². The Kier molecular flexibility index (Phi) is 6.89. The Morgan fingerprint density at radius 1 is 0.882 bits per heavy atom. The molecule has 34 heavy (non-hydrogen) atoms. The molecule has 1 aliphatic heterocycles. The maximum Gasteiger partial charge on any atom is 0.254 e. The second-order valence-electron chi connectivity index (χ2n) is 10.1. The molecule has 1 heterocycles. The number of carbonyl (C=O) groups excluding carboxylic acids is 2. The third-order valence-corrected chi connectivity index (χ3v) is 8.04. The molecule has 2 fully saturated rings. The standard InChI is InChI=1S/C29H36N2O3/c1-34-23-18-16-20(17-19-23)27-26(28(32)30-21-10-4-2-5-11-21)24-14-8-9-15-25(24)29(33)31(27)22-12-6-3-7-13-22/h8-9,14-19,21-22,26-27H,2-7,10-13H2,1H3,(H,30,32)/t26-,27-/m0/s1. The van der Waals surface area contributed by atoms with E-state index in [0.29, 0.717) is 5.56 Å². The van der Waals surface area contributed by atoms with Crippen molar-refractivity contribution in [3.8, 4) is 5.75 Å². The molecule has 5 nitrogen and oxygen atoms in total. The minimum atomic E-state index is -0.425. The SMILES string of the molecule is COc1ccc([C@H]2[C@@H](C(=O)NC3CCCCC3)c3ccccc3C(=O)N2C2CCCCC2)cc1. The first-order valence-electron chi connectivity index (χ1n) is 13.0. The van der Waals surface area contributed by atoms with Crippen molar-refractivity contribution >= 4 is 11.8 Å². The lowest BCUT2D eigenvalue weighted by atomic mass is 9.77. The Balaban J connectivity index is 1.59. The number of nitrogens with zero attached hydrogens (tertiary/aromatic N) is 1. The summed E-state index contributed by atoms with van der Waals surface area (Å²) in [5.74, 6) is 0.461. The largest absolute Gasteiger partial charge is 0.497 e. The minimum absolute atomic E-state index is 0.0495. The molecule has 2 aromatic rings. The lowest BCUT2D eigenvalue weighted by Crippen LogP contribution is -2.53. The fraction of sp³-hybridized carbons (Fsp3) is 0.517. The zero-order valence-electron chi connectivity index (χ0n) is 20.2. The summed E-state index contributed by atoms with van der Waals surface area (Å²) in [7, 11) is 1.66. The van der Waals surface area contributed by atoms with Gasteiger partial charge >= 0.3 is 0 Å². The summed E-state index contributed by atoms with van der Waals surface area (Å²) in [5.41, 5.74) is 2.54. The number of methoxy groups -OCH3 is 1. The number of hydrogen-bond acceptors (Lipinski definition) is 3. The lowest BCUT2D eigenvalue weighted by molar-refractivity contribution is -0.125. The van der Waals surface area contributed by atoms with E-state index in [9.17, 15) is 9.59 Å². The summed E-state index contributed by atoms with van der Waals surface area (Å²) in [4.78, 5) is 30.0. The van der Waals surface area contributed by atoms with Gasteiger partial charge in [-0.25, -0.2) is 0 Å². The lowest BCUT2D eigenvalue weighted by Gasteiger charge is -2.47. The number of hydrogen-bond donors (Lipinski definition) is 1. The first-order valence-corrected chi connectivity index (χ1v) is 13.0. The van der Waals surface area contributed by atoms with E-state index < -0.39 is 5.92 Å². The average Bonchev–Trinajstić information content (AvgIpc) is 2.89. The molecular formula is C29H36N2O3. The summed E-state index contributed by atoms with van der Waals surface area (Å²) < 4.78 is 5.39. The molecular weight excluding hydrogens is 424 g/mol. The van der Waals surface area contributed by atoms with Gasteiger partial charge in [0.25, 0.3) is 5.91 Å². The van der Waals surface area contributed by atoms with Gasteiger partial charge in [-0.2, -0.15) is 0 Å². The number of fused-ring (bicyclic) bond motifs is 1. The Labute approximate surface area is 202 Å². The zero-order valence-corrected chi connectivity index (χ0v) is 20.2. The molecule has 1 N–H and O–H groups in total. The molecule has 2 aromatic carbocycles. The molecule has 2 atom stereocenters. The van der Waals surface area contributed by atoms with Gasteiger partial charge in [0.15, 0.2) is 0 Å². The fourth-order valence-corrected chi connectivity index (χ4v) is 6.29. The highest BCUT2D eigenvalue weighted by Crippen LogP contribution is 2.46. The molecule has 0 radical (unpaired) electrons. The van der Waals surface area contributed by atoms with E-state index in [1.807, 2.05) is 48.5 Å². The van der Waals surface area contributed by atoms with Crippen molar-refractivity contribution in [3.63, 3.8) is 0 Å². The van der Waals surface area contributed by atoms with Crippen LogP contribution in [-0.4, -0.2) is 35.9 Å². The van der Waals surface area contributed by atoms with Gasteiger partial charge in [-0.3, -0.25) is 9.59 Å². The van der Waals surface area contributed by atoms with Crippen LogP contribution in [0.3, 0.4) is 0 Å². The van der Waals surface area contributed by atoms with E-state index in [4.69, 9.17) is 4.74 Å². The smallest absolute Gasteiger partial charge is 0.254 e. The summed E-state index contributed by atoms with van der Waals surface area (Å²) in [6.07, 6.45) is 11.1. The van der Waals surface area contributed by atoms with Crippen LogP contribution in [0.25, 0.3) is 0 Å². The quantitative estimate of drug-likeness (QED) is 0.617. The Hall–Kier alpha value is -2.82. The molecule has 2 saturated carbocycles. The van der Waals surface area contributed by atoms with Gasteiger partial charge < -0.3 is 15.0 Å². The second kappa shape index (κ2) is 10.2. The van der Waals surface area contributed by atoms with Crippen LogP contribution < -0.4 is 10.1 Å². The average molecular weight is 461 g/mol. The topological polar surface area (TPSA) is 58.6 Å². The predicted molar refractivity (Wildman–Crippen MR) is 133 cm³/mol.